The van der Waals surface area contributed by atoms with Crippen LogP contribution in [0.25, 0.3) is 82.8 Å². The molecule has 0 radical (unpaired) electrons. The van der Waals surface area contributed by atoms with Crippen LogP contribution in [-0.4, -0.2) is 4.57 Å². The SMILES string of the molecule is CC1(C)c2ccccc2-c2cccc(N(c3ccc(-c4cccc5cccc(-c6ccccc6)c45)cc3)c3ccccc3-c3ccc4c(c3)c3ccccc3n4-c3ccccc3)c21. The molecule has 298 valence electrons. The van der Waals surface area contributed by atoms with Crippen LogP contribution in [0.4, 0.5) is 17.1 Å². The van der Waals surface area contributed by atoms with Crippen molar-refractivity contribution >= 4 is 49.6 Å². The van der Waals surface area contributed by atoms with Crippen LogP contribution in [0.2, 0.25) is 0 Å². The van der Waals surface area contributed by atoms with Crippen molar-refractivity contribution in [3.63, 3.8) is 0 Å². The Hall–Kier alpha value is -7.94. The highest BCUT2D eigenvalue weighted by molar-refractivity contribution is 6.11. The van der Waals surface area contributed by atoms with Crippen molar-refractivity contribution in [3.8, 4) is 50.2 Å². The van der Waals surface area contributed by atoms with Crippen LogP contribution in [0.1, 0.15) is 25.0 Å². The van der Waals surface area contributed by atoms with Gasteiger partial charge in [0.15, 0.2) is 0 Å². The monoisotopic (exact) mass is 804 g/mol. The molecule has 0 fully saturated rings. The summed E-state index contributed by atoms with van der Waals surface area (Å²) < 4.78 is 2.39. The molecule has 0 bridgehead atoms. The highest BCUT2D eigenvalue weighted by Crippen LogP contribution is 2.55. The fourth-order valence-corrected chi connectivity index (χ4v) is 10.6. The van der Waals surface area contributed by atoms with Crippen LogP contribution in [0.3, 0.4) is 0 Å². The lowest BCUT2D eigenvalue weighted by atomic mass is 9.81. The van der Waals surface area contributed by atoms with Gasteiger partial charge in [-0.15, -0.1) is 0 Å². The molecule has 1 aliphatic rings. The molecule has 2 nitrogen and oxygen atoms in total. The number of benzene rings is 10. The molecule has 12 rings (SSSR count). The second-order valence-electron chi connectivity index (χ2n) is 17.3. The largest absolute Gasteiger partial charge is 0.310 e. The van der Waals surface area contributed by atoms with E-state index in [9.17, 15) is 0 Å². The van der Waals surface area contributed by atoms with Crippen LogP contribution < -0.4 is 4.90 Å². The van der Waals surface area contributed by atoms with Crippen LogP contribution in [-0.2, 0) is 5.41 Å². The maximum atomic E-state index is 2.52. The van der Waals surface area contributed by atoms with Crippen molar-refractivity contribution in [1.29, 1.82) is 0 Å². The summed E-state index contributed by atoms with van der Waals surface area (Å²) >= 11 is 0. The molecule has 1 aromatic heterocycles. The highest BCUT2D eigenvalue weighted by Gasteiger charge is 2.39. The highest BCUT2D eigenvalue weighted by atomic mass is 15.1. The minimum atomic E-state index is -0.218. The minimum Gasteiger partial charge on any atom is -0.310 e. The Morgan fingerprint density at radius 3 is 1.71 bits per heavy atom. The summed E-state index contributed by atoms with van der Waals surface area (Å²) in [6.45, 7) is 4.77. The molecule has 10 aromatic carbocycles. The van der Waals surface area contributed by atoms with E-state index in [-0.39, 0.29) is 5.41 Å². The van der Waals surface area contributed by atoms with E-state index in [2.05, 4.69) is 254 Å². The number of rotatable bonds is 7. The first-order chi connectivity index (χ1) is 31.0. The van der Waals surface area contributed by atoms with Gasteiger partial charge in [-0.25, -0.2) is 0 Å². The maximum Gasteiger partial charge on any atom is 0.0541 e. The molecule has 0 atom stereocenters. The molecule has 0 unspecified atom stereocenters. The number of hydrogen-bond acceptors (Lipinski definition) is 1. The van der Waals surface area contributed by atoms with Crippen LogP contribution in [0.15, 0.2) is 231 Å². The van der Waals surface area contributed by atoms with Crippen molar-refractivity contribution in [2.24, 2.45) is 0 Å². The molecule has 1 heterocycles. The Morgan fingerprint density at radius 2 is 0.937 bits per heavy atom. The van der Waals surface area contributed by atoms with Gasteiger partial charge in [0.1, 0.15) is 0 Å². The average molecular weight is 805 g/mol. The maximum absolute atomic E-state index is 2.52. The molecule has 2 heteroatoms. The first kappa shape index (κ1) is 36.9. The summed E-state index contributed by atoms with van der Waals surface area (Å²) in [5.41, 5.74) is 19.3. The van der Waals surface area contributed by atoms with Crippen LogP contribution in [0.5, 0.6) is 0 Å². The number of anilines is 3. The second kappa shape index (κ2) is 14.6. The third kappa shape index (κ3) is 5.86. The Kier molecular flexibility index (Phi) is 8.55. The molecule has 0 aliphatic heterocycles. The summed E-state index contributed by atoms with van der Waals surface area (Å²) in [7, 11) is 0. The van der Waals surface area contributed by atoms with Crippen LogP contribution >= 0.6 is 0 Å². The van der Waals surface area contributed by atoms with Gasteiger partial charge >= 0.3 is 0 Å². The van der Waals surface area contributed by atoms with Gasteiger partial charge in [-0.1, -0.05) is 190 Å². The summed E-state index contributed by atoms with van der Waals surface area (Å²) in [6.07, 6.45) is 0. The lowest BCUT2D eigenvalue weighted by Gasteiger charge is -2.33. The zero-order valence-corrected chi connectivity index (χ0v) is 35.3. The molecule has 0 saturated carbocycles. The van der Waals surface area contributed by atoms with E-state index in [1.54, 1.807) is 0 Å². The fraction of sp³-hybridized carbons (Fsp3) is 0.0492. The molecule has 1 aliphatic carbocycles. The van der Waals surface area contributed by atoms with Gasteiger partial charge in [0, 0.05) is 33.1 Å². The summed E-state index contributed by atoms with van der Waals surface area (Å²) in [5.74, 6) is 0. The molecule has 0 spiro atoms. The smallest absolute Gasteiger partial charge is 0.0541 e. The number of hydrogen-bond donors (Lipinski definition) is 0. The number of nitrogens with zero attached hydrogens (tertiary/aromatic N) is 2. The van der Waals surface area contributed by atoms with E-state index in [1.807, 2.05) is 0 Å². The van der Waals surface area contributed by atoms with E-state index in [1.165, 1.54) is 93.9 Å². The Labute approximate surface area is 368 Å². The van der Waals surface area contributed by atoms with Gasteiger partial charge < -0.3 is 9.47 Å². The van der Waals surface area contributed by atoms with E-state index in [0.717, 1.165) is 17.1 Å². The molecule has 0 amide bonds. The van der Waals surface area contributed by atoms with Gasteiger partial charge in [-0.2, -0.15) is 0 Å². The molecule has 63 heavy (non-hydrogen) atoms. The topological polar surface area (TPSA) is 8.17 Å². The van der Waals surface area contributed by atoms with E-state index in [0.29, 0.717) is 0 Å². The zero-order chi connectivity index (χ0) is 42.1. The van der Waals surface area contributed by atoms with E-state index in [4.69, 9.17) is 0 Å². The number of para-hydroxylation sites is 3. The minimum absolute atomic E-state index is 0.218. The lowest BCUT2D eigenvalue weighted by molar-refractivity contribution is 0.661. The van der Waals surface area contributed by atoms with Crippen LogP contribution in [0, 0.1) is 0 Å². The first-order valence-corrected chi connectivity index (χ1v) is 21.9. The predicted molar refractivity (Wildman–Crippen MR) is 267 cm³/mol. The van der Waals surface area contributed by atoms with Gasteiger partial charge in [-0.3, -0.25) is 0 Å². The summed E-state index contributed by atoms with van der Waals surface area (Å²) in [6, 6.07) is 84.6. The van der Waals surface area contributed by atoms with E-state index >= 15 is 0 Å². The van der Waals surface area contributed by atoms with Crippen molar-refractivity contribution < 1.29 is 0 Å². The lowest BCUT2D eigenvalue weighted by Crippen LogP contribution is -2.21. The van der Waals surface area contributed by atoms with Crippen molar-refractivity contribution in [2.75, 3.05) is 4.90 Å². The third-order valence-corrected chi connectivity index (χ3v) is 13.4. The van der Waals surface area contributed by atoms with Crippen molar-refractivity contribution in [1.82, 2.24) is 4.57 Å². The Bertz CT molecular complexity index is 3520. The first-order valence-electron chi connectivity index (χ1n) is 21.9. The number of fused-ring (bicyclic) bond motifs is 7. The Balaban J connectivity index is 1.06. The molecular weight excluding hydrogens is 761 g/mol. The predicted octanol–water partition coefficient (Wildman–Crippen LogP) is 16.7. The van der Waals surface area contributed by atoms with Gasteiger partial charge in [0.05, 0.1) is 22.4 Å². The third-order valence-electron chi connectivity index (χ3n) is 13.4. The van der Waals surface area contributed by atoms with E-state index < -0.39 is 0 Å². The van der Waals surface area contributed by atoms with Crippen molar-refractivity contribution in [2.45, 2.75) is 19.3 Å². The summed E-state index contributed by atoms with van der Waals surface area (Å²) in [4.78, 5) is 2.52. The Morgan fingerprint density at radius 1 is 0.381 bits per heavy atom. The normalized spacial score (nSPS) is 12.7. The average Bonchev–Trinajstić information content (AvgIpc) is 3.80. The quantitative estimate of drug-likeness (QED) is 0.156. The van der Waals surface area contributed by atoms with Gasteiger partial charge in [0.2, 0.25) is 0 Å². The van der Waals surface area contributed by atoms with Gasteiger partial charge in [-0.05, 0) is 115 Å². The van der Waals surface area contributed by atoms with Crippen molar-refractivity contribution in [3.05, 3.63) is 242 Å². The standard InChI is InChI=1S/C61H44N2/c1-61(2)54-30-12-9-25-50(54)52-29-17-33-58(60(52)61)63(46-37-34-42(35-38-46)49-28-16-21-43-20-15-27-48(59(43)49)41-18-5-3-6-19-41)55-31-13-10-24-47(55)44-36-39-57-53(40-44)51-26-11-14-32-56(51)62(57)45-22-7-4-8-23-45/h3-40H,1-2H3. The zero-order valence-electron chi connectivity index (χ0n) is 35.3. The summed E-state index contributed by atoms with van der Waals surface area (Å²) in [5, 5.41) is 4.98. The molecule has 11 aromatic rings. The second-order valence-corrected chi connectivity index (χ2v) is 17.3. The van der Waals surface area contributed by atoms with Gasteiger partial charge in [0.25, 0.3) is 0 Å². The molecule has 0 saturated heterocycles. The fourth-order valence-electron chi connectivity index (χ4n) is 10.6. The molecule has 0 N–H and O–H groups in total. The number of aromatic nitrogens is 1. The molecular formula is C61H44N2.